The first-order valence-corrected chi connectivity index (χ1v) is 8.18. The minimum absolute atomic E-state index is 0.237. The Kier molecular flexibility index (Phi) is 6.04. The van der Waals surface area contributed by atoms with Crippen LogP contribution < -0.4 is 10.1 Å². The summed E-state index contributed by atoms with van der Waals surface area (Å²) in [5.41, 5.74) is 3.35. The van der Waals surface area contributed by atoms with Crippen molar-refractivity contribution in [2.45, 2.75) is 26.8 Å². The molecule has 0 radical (unpaired) electrons. The molecule has 0 saturated carbocycles. The standard InChI is InChI=1S/C19H20ClNO4/c1-11-8-16(17(20)9-12(11)2)19(24)21-13(3)14-4-6-15(7-5-14)25-10-18(22)23/h4-9,13H,10H2,1-3H3,(H,21,24)(H,22,23). The van der Waals surface area contributed by atoms with E-state index in [4.69, 9.17) is 21.4 Å². The van der Waals surface area contributed by atoms with Crippen molar-refractivity contribution in [3.63, 3.8) is 0 Å². The van der Waals surface area contributed by atoms with Crippen LogP contribution in [0.1, 0.15) is 40.0 Å². The summed E-state index contributed by atoms with van der Waals surface area (Å²) in [6.07, 6.45) is 0. The Morgan fingerprint density at radius 1 is 1.16 bits per heavy atom. The molecule has 1 atom stereocenters. The summed E-state index contributed by atoms with van der Waals surface area (Å²) in [5, 5.41) is 11.9. The highest BCUT2D eigenvalue weighted by Crippen LogP contribution is 2.23. The van der Waals surface area contributed by atoms with E-state index in [0.29, 0.717) is 16.3 Å². The monoisotopic (exact) mass is 361 g/mol. The number of amides is 1. The second-order valence-electron chi connectivity index (χ2n) is 5.86. The highest BCUT2D eigenvalue weighted by Gasteiger charge is 2.15. The number of benzene rings is 2. The lowest BCUT2D eigenvalue weighted by molar-refractivity contribution is -0.139. The molecular weight excluding hydrogens is 342 g/mol. The number of rotatable bonds is 6. The normalized spacial score (nSPS) is 11.7. The maximum atomic E-state index is 12.5. The molecule has 6 heteroatoms. The van der Waals surface area contributed by atoms with Crippen LogP contribution >= 0.6 is 11.6 Å². The number of nitrogens with one attached hydrogen (secondary N) is 1. The lowest BCUT2D eigenvalue weighted by Crippen LogP contribution is -2.27. The lowest BCUT2D eigenvalue weighted by Gasteiger charge is -2.16. The highest BCUT2D eigenvalue weighted by molar-refractivity contribution is 6.34. The number of ether oxygens (including phenoxy) is 1. The molecule has 1 unspecified atom stereocenters. The van der Waals surface area contributed by atoms with Gasteiger partial charge in [0.25, 0.3) is 5.91 Å². The summed E-state index contributed by atoms with van der Waals surface area (Å²) < 4.78 is 5.09. The maximum absolute atomic E-state index is 12.5. The van der Waals surface area contributed by atoms with Crippen molar-refractivity contribution in [3.05, 3.63) is 63.7 Å². The lowest BCUT2D eigenvalue weighted by atomic mass is 10.0. The summed E-state index contributed by atoms with van der Waals surface area (Å²) in [7, 11) is 0. The number of carbonyl (C=O) groups excluding carboxylic acids is 1. The fraction of sp³-hybridized carbons (Fsp3) is 0.263. The van der Waals surface area contributed by atoms with Crippen molar-refractivity contribution < 1.29 is 19.4 Å². The molecule has 2 rings (SSSR count). The first-order valence-electron chi connectivity index (χ1n) is 7.80. The number of carboxylic acids is 1. The zero-order valence-corrected chi connectivity index (χ0v) is 15.1. The van der Waals surface area contributed by atoms with E-state index < -0.39 is 12.6 Å². The zero-order valence-electron chi connectivity index (χ0n) is 14.3. The molecule has 5 nitrogen and oxygen atoms in total. The van der Waals surface area contributed by atoms with Gasteiger partial charge >= 0.3 is 5.97 Å². The molecule has 0 aromatic heterocycles. The molecule has 25 heavy (non-hydrogen) atoms. The van der Waals surface area contributed by atoms with E-state index in [-0.39, 0.29) is 11.9 Å². The van der Waals surface area contributed by atoms with Gasteiger partial charge in [-0.25, -0.2) is 4.79 Å². The number of hydrogen-bond donors (Lipinski definition) is 2. The van der Waals surface area contributed by atoms with E-state index >= 15 is 0 Å². The van der Waals surface area contributed by atoms with Crippen LogP contribution in [-0.4, -0.2) is 23.6 Å². The first kappa shape index (κ1) is 18.8. The summed E-state index contributed by atoms with van der Waals surface area (Å²) >= 11 is 6.18. The van der Waals surface area contributed by atoms with Crippen LogP contribution in [-0.2, 0) is 4.79 Å². The quantitative estimate of drug-likeness (QED) is 0.817. The van der Waals surface area contributed by atoms with Crippen LogP contribution in [0.5, 0.6) is 5.75 Å². The van der Waals surface area contributed by atoms with Gasteiger partial charge in [0, 0.05) is 0 Å². The third-order valence-electron chi connectivity index (χ3n) is 3.92. The van der Waals surface area contributed by atoms with Crippen LogP contribution in [0.3, 0.4) is 0 Å². The van der Waals surface area contributed by atoms with Gasteiger partial charge in [-0.2, -0.15) is 0 Å². The predicted molar refractivity (Wildman–Crippen MR) is 96.4 cm³/mol. The van der Waals surface area contributed by atoms with Crippen molar-refractivity contribution in [3.8, 4) is 5.75 Å². The third kappa shape index (κ3) is 4.97. The molecule has 132 valence electrons. The van der Waals surface area contributed by atoms with E-state index in [2.05, 4.69) is 5.32 Å². The molecule has 0 saturated heterocycles. The summed E-state index contributed by atoms with van der Waals surface area (Å²) in [4.78, 5) is 23.0. The Morgan fingerprint density at radius 3 is 2.36 bits per heavy atom. The molecule has 2 N–H and O–H groups in total. The average Bonchev–Trinajstić information content (AvgIpc) is 2.56. The Labute approximate surface area is 151 Å². The smallest absolute Gasteiger partial charge is 0.341 e. The van der Waals surface area contributed by atoms with E-state index in [9.17, 15) is 9.59 Å². The Bertz CT molecular complexity index is 787. The van der Waals surface area contributed by atoms with Gasteiger partial charge in [-0.1, -0.05) is 23.7 Å². The minimum Gasteiger partial charge on any atom is -0.482 e. The summed E-state index contributed by atoms with van der Waals surface area (Å²) in [5.74, 6) is -0.816. The number of aryl methyl sites for hydroxylation is 2. The number of halogens is 1. The van der Waals surface area contributed by atoms with E-state index in [1.54, 1.807) is 36.4 Å². The molecule has 0 aliphatic rings. The third-order valence-corrected chi connectivity index (χ3v) is 4.23. The summed E-state index contributed by atoms with van der Waals surface area (Å²) in [6.45, 7) is 5.35. The van der Waals surface area contributed by atoms with Crippen LogP contribution in [0, 0.1) is 13.8 Å². The van der Waals surface area contributed by atoms with Crippen molar-refractivity contribution in [1.82, 2.24) is 5.32 Å². The van der Waals surface area contributed by atoms with Crippen molar-refractivity contribution in [1.29, 1.82) is 0 Å². The van der Waals surface area contributed by atoms with Gasteiger partial charge in [0.05, 0.1) is 16.6 Å². The maximum Gasteiger partial charge on any atom is 0.341 e. The highest BCUT2D eigenvalue weighted by atomic mass is 35.5. The Morgan fingerprint density at radius 2 is 1.76 bits per heavy atom. The van der Waals surface area contributed by atoms with E-state index in [1.807, 2.05) is 20.8 Å². The average molecular weight is 362 g/mol. The zero-order chi connectivity index (χ0) is 18.6. The largest absolute Gasteiger partial charge is 0.482 e. The van der Waals surface area contributed by atoms with Gasteiger partial charge in [-0.3, -0.25) is 4.79 Å². The van der Waals surface area contributed by atoms with Crippen LogP contribution in [0.2, 0.25) is 5.02 Å². The second-order valence-corrected chi connectivity index (χ2v) is 6.27. The van der Waals surface area contributed by atoms with Crippen molar-refractivity contribution in [2.75, 3.05) is 6.61 Å². The minimum atomic E-state index is -1.03. The molecule has 0 fully saturated rings. The molecule has 0 aliphatic heterocycles. The summed E-state index contributed by atoms with van der Waals surface area (Å²) in [6, 6.07) is 10.2. The first-order chi connectivity index (χ1) is 11.8. The fourth-order valence-corrected chi connectivity index (χ4v) is 2.61. The predicted octanol–water partition coefficient (Wildman–Crippen LogP) is 3.91. The topological polar surface area (TPSA) is 75.6 Å². The van der Waals surface area contributed by atoms with Gasteiger partial charge < -0.3 is 15.2 Å². The number of aliphatic carboxylic acids is 1. The van der Waals surface area contributed by atoms with Gasteiger partial charge in [0.2, 0.25) is 0 Å². The van der Waals surface area contributed by atoms with Crippen LogP contribution in [0.4, 0.5) is 0 Å². The molecule has 0 heterocycles. The molecule has 0 aliphatic carbocycles. The van der Waals surface area contributed by atoms with Gasteiger partial charge in [-0.15, -0.1) is 0 Å². The Hall–Kier alpha value is -2.53. The molecular formula is C19H20ClNO4. The molecule has 0 bridgehead atoms. The van der Waals surface area contributed by atoms with Crippen LogP contribution in [0.15, 0.2) is 36.4 Å². The molecule has 2 aromatic rings. The van der Waals surface area contributed by atoms with Crippen molar-refractivity contribution in [2.24, 2.45) is 0 Å². The SMILES string of the molecule is Cc1cc(Cl)c(C(=O)NC(C)c2ccc(OCC(=O)O)cc2)cc1C. The molecule has 0 spiro atoms. The van der Waals surface area contributed by atoms with E-state index in [1.165, 1.54) is 0 Å². The van der Waals surface area contributed by atoms with Gasteiger partial charge in [0.1, 0.15) is 5.75 Å². The molecule has 1 amide bonds. The number of carboxylic acid groups (broad SMARTS) is 1. The van der Waals surface area contributed by atoms with Crippen LogP contribution in [0.25, 0.3) is 0 Å². The number of hydrogen-bond acceptors (Lipinski definition) is 3. The molecule has 2 aromatic carbocycles. The van der Waals surface area contributed by atoms with Crippen molar-refractivity contribution >= 4 is 23.5 Å². The van der Waals surface area contributed by atoms with Gasteiger partial charge in [-0.05, 0) is 61.7 Å². The fourth-order valence-electron chi connectivity index (χ4n) is 2.31. The van der Waals surface area contributed by atoms with Gasteiger partial charge in [0.15, 0.2) is 6.61 Å². The number of carbonyl (C=O) groups is 2. The van der Waals surface area contributed by atoms with E-state index in [0.717, 1.165) is 16.7 Å². The second kappa shape index (κ2) is 8.03. The Balaban J connectivity index is 2.06.